The third-order valence-corrected chi connectivity index (χ3v) is 1.04. The lowest BCUT2D eigenvalue weighted by molar-refractivity contribution is -0.157. The topological polar surface area (TPSA) is 46.6 Å². The van der Waals surface area contributed by atoms with Gasteiger partial charge in [0.05, 0.1) is 13.7 Å². The molecule has 0 aliphatic carbocycles. The first-order chi connectivity index (χ1) is 5.13. The molecule has 0 aromatic heterocycles. The third kappa shape index (κ3) is 2.72. The Balaban J connectivity index is 4.04. The van der Waals surface area contributed by atoms with Gasteiger partial charge >= 0.3 is 11.9 Å². The molecule has 0 aromatic rings. The smallest absolute Gasteiger partial charge is 0.396 e. The van der Waals surface area contributed by atoms with Crippen molar-refractivity contribution in [3.8, 4) is 12.3 Å². The molecule has 0 saturated carbocycles. The van der Waals surface area contributed by atoms with Gasteiger partial charge in [0.1, 0.15) is 0 Å². The summed E-state index contributed by atoms with van der Waals surface area (Å²) in [5, 5.41) is 0. The van der Waals surface area contributed by atoms with Gasteiger partial charge in [-0.3, -0.25) is 4.79 Å². The number of ether oxygens (including phenoxy) is 1. The second-order valence-electron chi connectivity index (χ2n) is 1.86. The molecule has 4 nitrogen and oxygen atoms in total. The van der Waals surface area contributed by atoms with Crippen molar-refractivity contribution in [1.82, 2.24) is 4.90 Å². The summed E-state index contributed by atoms with van der Waals surface area (Å²) in [4.78, 5) is 22.5. The number of rotatable bonds is 1. The number of carbonyl (C=O) groups is 2. The van der Waals surface area contributed by atoms with Crippen LogP contribution in [0.25, 0.3) is 0 Å². The van der Waals surface area contributed by atoms with Crippen molar-refractivity contribution in [2.45, 2.75) is 0 Å². The maximum absolute atomic E-state index is 10.8. The van der Waals surface area contributed by atoms with E-state index >= 15 is 0 Å². The predicted octanol–water partition coefficient (Wildman–Crippen LogP) is -0.749. The number of methoxy groups -OCH3 is 1. The minimum atomic E-state index is -0.900. The van der Waals surface area contributed by atoms with Gasteiger partial charge in [0, 0.05) is 7.05 Å². The number of likely N-dealkylation sites (N-methyl/N-ethyl adjacent to an activating group) is 1. The third-order valence-electron chi connectivity index (χ3n) is 1.04. The number of amides is 1. The van der Waals surface area contributed by atoms with E-state index in [1.807, 2.05) is 0 Å². The first kappa shape index (κ1) is 9.50. The summed E-state index contributed by atoms with van der Waals surface area (Å²) in [7, 11) is 2.57. The molecule has 0 aromatic carbocycles. The van der Waals surface area contributed by atoms with E-state index in [1.54, 1.807) is 0 Å². The molecule has 60 valence electrons. The van der Waals surface area contributed by atoms with Gasteiger partial charge in [0.25, 0.3) is 0 Å². The van der Waals surface area contributed by atoms with Crippen LogP contribution in [0.3, 0.4) is 0 Å². The number of hydrogen-bond acceptors (Lipinski definition) is 3. The SMILES string of the molecule is C#CCN(C)C(=O)C(=O)OC. The zero-order valence-corrected chi connectivity index (χ0v) is 6.46. The fourth-order valence-corrected chi connectivity index (χ4v) is 0.452. The van der Waals surface area contributed by atoms with Crippen molar-refractivity contribution in [1.29, 1.82) is 0 Å². The highest BCUT2D eigenvalue weighted by molar-refractivity contribution is 6.32. The molecular formula is C7H9NO3. The number of hydrogen-bond donors (Lipinski definition) is 0. The van der Waals surface area contributed by atoms with E-state index in [4.69, 9.17) is 6.42 Å². The molecule has 0 spiro atoms. The average Bonchev–Trinajstić information content (AvgIpc) is 2.02. The molecule has 1 amide bonds. The average molecular weight is 155 g/mol. The molecule has 0 rings (SSSR count). The molecule has 4 heteroatoms. The van der Waals surface area contributed by atoms with Gasteiger partial charge in [0.15, 0.2) is 0 Å². The fraction of sp³-hybridized carbons (Fsp3) is 0.429. The van der Waals surface area contributed by atoms with E-state index in [-0.39, 0.29) is 6.54 Å². The van der Waals surface area contributed by atoms with Gasteiger partial charge in [-0.1, -0.05) is 5.92 Å². The maximum Gasteiger partial charge on any atom is 0.396 e. The van der Waals surface area contributed by atoms with Crippen LogP contribution < -0.4 is 0 Å². The molecule has 0 fully saturated rings. The van der Waals surface area contributed by atoms with E-state index in [9.17, 15) is 9.59 Å². The van der Waals surface area contributed by atoms with Gasteiger partial charge in [-0.2, -0.15) is 0 Å². The van der Waals surface area contributed by atoms with Crippen LogP contribution in [0.1, 0.15) is 0 Å². The summed E-state index contributed by atoms with van der Waals surface area (Å²) in [5.41, 5.74) is 0. The van der Waals surface area contributed by atoms with Crippen LogP contribution in [0.15, 0.2) is 0 Å². The molecule has 0 heterocycles. The van der Waals surface area contributed by atoms with Crippen LogP contribution >= 0.6 is 0 Å². The standard InChI is InChI=1S/C7H9NO3/c1-4-5-8(2)6(9)7(10)11-3/h1H,5H2,2-3H3. The van der Waals surface area contributed by atoms with Crippen molar-refractivity contribution in [2.24, 2.45) is 0 Å². The van der Waals surface area contributed by atoms with Crippen LogP contribution in [0.4, 0.5) is 0 Å². The van der Waals surface area contributed by atoms with Crippen LogP contribution in [-0.2, 0) is 14.3 Å². The van der Waals surface area contributed by atoms with Gasteiger partial charge in [-0.25, -0.2) is 4.79 Å². The normalized spacial score (nSPS) is 8.09. The van der Waals surface area contributed by atoms with Crippen LogP contribution in [-0.4, -0.2) is 37.5 Å². The predicted molar refractivity (Wildman–Crippen MR) is 38.5 cm³/mol. The van der Waals surface area contributed by atoms with E-state index in [0.29, 0.717) is 0 Å². The molecule has 0 atom stereocenters. The van der Waals surface area contributed by atoms with Gasteiger partial charge in [0.2, 0.25) is 0 Å². The maximum atomic E-state index is 10.8. The summed E-state index contributed by atoms with van der Waals surface area (Å²) in [6.07, 6.45) is 4.91. The lowest BCUT2D eigenvalue weighted by atomic mass is 10.5. The minimum absolute atomic E-state index is 0.105. The Kier molecular flexibility index (Phi) is 3.75. The van der Waals surface area contributed by atoms with Crippen molar-refractivity contribution < 1.29 is 14.3 Å². The van der Waals surface area contributed by atoms with Crippen molar-refractivity contribution in [3.05, 3.63) is 0 Å². The Labute approximate surface area is 65.1 Å². The molecule has 0 radical (unpaired) electrons. The number of nitrogens with zero attached hydrogens (tertiary/aromatic N) is 1. The Bertz CT molecular complexity index is 204. The molecular weight excluding hydrogens is 146 g/mol. The second kappa shape index (κ2) is 4.34. The van der Waals surface area contributed by atoms with Crippen molar-refractivity contribution in [3.63, 3.8) is 0 Å². The molecule has 0 unspecified atom stereocenters. The number of carbonyl (C=O) groups excluding carboxylic acids is 2. The highest BCUT2D eigenvalue weighted by Crippen LogP contribution is 1.85. The fourth-order valence-electron chi connectivity index (χ4n) is 0.452. The largest absolute Gasteiger partial charge is 0.462 e. The summed E-state index contributed by atoms with van der Waals surface area (Å²) in [5.74, 6) is 0.593. The molecule has 0 bridgehead atoms. The molecule has 0 aliphatic rings. The van der Waals surface area contributed by atoms with Gasteiger partial charge in [-0.15, -0.1) is 6.42 Å². The van der Waals surface area contributed by atoms with E-state index < -0.39 is 11.9 Å². The molecule has 0 N–H and O–H groups in total. The minimum Gasteiger partial charge on any atom is -0.462 e. The van der Waals surface area contributed by atoms with E-state index in [0.717, 1.165) is 12.0 Å². The Morgan fingerprint density at radius 2 is 2.18 bits per heavy atom. The molecule has 11 heavy (non-hydrogen) atoms. The summed E-state index contributed by atoms with van der Waals surface area (Å²) in [6, 6.07) is 0. The summed E-state index contributed by atoms with van der Waals surface area (Å²) >= 11 is 0. The first-order valence-corrected chi connectivity index (χ1v) is 2.90. The number of terminal acetylenes is 1. The van der Waals surface area contributed by atoms with Crippen molar-refractivity contribution in [2.75, 3.05) is 20.7 Å². The molecule has 0 aliphatic heterocycles. The van der Waals surface area contributed by atoms with E-state index in [1.165, 1.54) is 7.05 Å². The molecule has 0 saturated heterocycles. The van der Waals surface area contributed by atoms with Gasteiger partial charge in [-0.05, 0) is 0 Å². The second-order valence-corrected chi connectivity index (χ2v) is 1.86. The van der Waals surface area contributed by atoms with Gasteiger partial charge < -0.3 is 9.64 Å². The van der Waals surface area contributed by atoms with Crippen LogP contribution in [0, 0.1) is 12.3 Å². The highest BCUT2D eigenvalue weighted by atomic mass is 16.5. The summed E-state index contributed by atoms with van der Waals surface area (Å²) < 4.78 is 4.18. The highest BCUT2D eigenvalue weighted by Gasteiger charge is 2.17. The Morgan fingerprint density at radius 3 is 2.55 bits per heavy atom. The Morgan fingerprint density at radius 1 is 1.64 bits per heavy atom. The monoisotopic (exact) mass is 155 g/mol. The quantitative estimate of drug-likeness (QED) is 0.284. The zero-order chi connectivity index (χ0) is 8.85. The van der Waals surface area contributed by atoms with Crippen LogP contribution in [0.5, 0.6) is 0 Å². The first-order valence-electron chi connectivity index (χ1n) is 2.90. The van der Waals surface area contributed by atoms with Crippen LogP contribution in [0.2, 0.25) is 0 Å². The lowest BCUT2D eigenvalue weighted by Crippen LogP contribution is -2.34. The van der Waals surface area contributed by atoms with E-state index in [2.05, 4.69) is 10.7 Å². The van der Waals surface area contributed by atoms with Crippen molar-refractivity contribution >= 4 is 11.9 Å². The lowest BCUT2D eigenvalue weighted by Gasteiger charge is -2.10. The Hall–Kier alpha value is -1.50. The zero-order valence-electron chi connectivity index (χ0n) is 6.46. The summed E-state index contributed by atoms with van der Waals surface area (Å²) in [6.45, 7) is 0.105. The number of esters is 1.